The van der Waals surface area contributed by atoms with Gasteiger partial charge in [0.1, 0.15) is 35.9 Å². The number of hydrogen-bond donors (Lipinski definition) is 6. The third-order valence-electron chi connectivity index (χ3n) is 4.76. The maximum atomic E-state index is 12.1. The maximum absolute atomic E-state index is 12.1. The number of rotatable bonds is 7. The van der Waals surface area contributed by atoms with Gasteiger partial charge in [0.15, 0.2) is 23.8 Å². The Morgan fingerprint density at radius 2 is 2.16 bits per heavy atom. The molecule has 0 unspecified atom stereocenters. The van der Waals surface area contributed by atoms with Crippen molar-refractivity contribution in [3.63, 3.8) is 0 Å². The van der Waals surface area contributed by atoms with E-state index in [0.717, 1.165) is 0 Å². The van der Waals surface area contributed by atoms with Gasteiger partial charge in [0.05, 0.1) is 12.5 Å². The van der Waals surface area contributed by atoms with Crippen LogP contribution in [-0.4, -0.2) is 71.8 Å². The van der Waals surface area contributed by atoms with Crippen LogP contribution in [0.3, 0.4) is 0 Å². The molecule has 0 saturated carbocycles. The highest BCUT2D eigenvalue weighted by Crippen LogP contribution is 2.32. The molecule has 7 N–H and O–H groups in total. The van der Waals surface area contributed by atoms with Crippen molar-refractivity contribution in [1.82, 2.24) is 24.8 Å². The molecule has 3 aromatic rings. The molecule has 14 nitrogen and oxygen atoms in total. The number of carbonyl (C=O) groups is 1. The summed E-state index contributed by atoms with van der Waals surface area (Å²) in [4.78, 5) is 24.6. The second kappa shape index (κ2) is 8.88. The molecule has 0 bridgehead atoms. The number of ether oxygens (including phenoxy) is 1. The summed E-state index contributed by atoms with van der Waals surface area (Å²) in [5.74, 6) is 0.309. The number of hydrogen-bond acceptors (Lipinski definition) is 12. The van der Waals surface area contributed by atoms with Gasteiger partial charge in [0.25, 0.3) is 5.91 Å². The number of aromatic nitrogens is 4. The van der Waals surface area contributed by atoms with E-state index in [1.807, 2.05) is 0 Å². The largest absolute Gasteiger partial charge is 0.458 e. The predicted molar refractivity (Wildman–Crippen MR) is 110 cm³/mol. The molecular formula is C18H22N8O6. The molecule has 3 aromatic heterocycles. The fraction of sp³-hybridized carbons (Fsp3) is 0.389. The third kappa shape index (κ3) is 3.99. The number of likely N-dealkylation sites (N-methyl/N-ethyl adjacent to an activating group) is 1. The van der Waals surface area contributed by atoms with E-state index < -0.39 is 30.4 Å². The van der Waals surface area contributed by atoms with Gasteiger partial charge < -0.3 is 35.5 Å². The molecule has 4 atom stereocenters. The Morgan fingerprint density at radius 1 is 1.34 bits per heavy atom. The van der Waals surface area contributed by atoms with E-state index >= 15 is 0 Å². The number of aliphatic hydroxyl groups excluding tert-OH is 3. The van der Waals surface area contributed by atoms with Crippen molar-refractivity contribution < 1.29 is 29.3 Å². The number of nitrogens with two attached hydrogens (primary N) is 1. The SMILES string of the molecule is CCNC(=O)[C@H]1O[C@@H](n2cnc3c(N)nc(N/N=C/c4ccc(CO)o4)nc32)[C@H](O)[C@@H]1O. The second-order valence-electron chi connectivity index (χ2n) is 6.91. The summed E-state index contributed by atoms with van der Waals surface area (Å²) in [6.45, 7) is 1.84. The molecule has 0 spiro atoms. The van der Waals surface area contributed by atoms with Crippen LogP contribution in [0.25, 0.3) is 11.2 Å². The molecule has 14 heteroatoms. The normalized spacial score (nSPS) is 23.2. The number of aliphatic hydroxyl groups is 3. The Bertz CT molecular complexity index is 1140. The lowest BCUT2D eigenvalue weighted by Crippen LogP contribution is -2.42. The first-order chi connectivity index (χ1) is 15.4. The van der Waals surface area contributed by atoms with Crippen LogP contribution < -0.4 is 16.5 Å². The van der Waals surface area contributed by atoms with Crippen molar-refractivity contribution in [3.05, 3.63) is 30.0 Å². The minimum absolute atomic E-state index is 0.0234. The molecule has 4 heterocycles. The van der Waals surface area contributed by atoms with Gasteiger partial charge in [-0.1, -0.05) is 0 Å². The van der Waals surface area contributed by atoms with Gasteiger partial charge in [-0.15, -0.1) is 0 Å². The van der Waals surface area contributed by atoms with E-state index in [4.69, 9.17) is 20.0 Å². The van der Waals surface area contributed by atoms with E-state index in [-0.39, 0.29) is 29.5 Å². The summed E-state index contributed by atoms with van der Waals surface area (Å²) in [6.07, 6.45) is -2.56. The van der Waals surface area contributed by atoms with Crippen LogP contribution in [-0.2, 0) is 16.1 Å². The molecule has 0 aliphatic carbocycles. The smallest absolute Gasteiger partial charge is 0.252 e. The number of nitrogen functional groups attached to an aromatic ring is 1. The van der Waals surface area contributed by atoms with E-state index in [1.165, 1.54) is 17.1 Å². The number of hydrazone groups is 1. The van der Waals surface area contributed by atoms with Gasteiger partial charge in [-0.3, -0.25) is 9.36 Å². The average Bonchev–Trinajstić information content (AvgIpc) is 3.47. The Morgan fingerprint density at radius 3 is 2.88 bits per heavy atom. The van der Waals surface area contributed by atoms with Gasteiger partial charge in [0.2, 0.25) is 5.95 Å². The number of nitrogens with one attached hydrogen (secondary N) is 2. The number of furan rings is 1. The lowest BCUT2D eigenvalue weighted by atomic mass is 10.1. The Balaban J connectivity index is 1.58. The second-order valence-corrected chi connectivity index (χ2v) is 6.91. The summed E-state index contributed by atoms with van der Waals surface area (Å²) >= 11 is 0. The van der Waals surface area contributed by atoms with Gasteiger partial charge in [0, 0.05) is 6.54 Å². The number of fused-ring (bicyclic) bond motifs is 1. The molecule has 1 fully saturated rings. The number of imidazole rings is 1. The topological polar surface area (TPSA) is 206 Å². The zero-order valence-corrected chi connectivity index (χ0v) is 16.9. The standard InChI is InChI=1S/C18H22N8O6/c1-2-20-16(30)13-11(28)12(29)17(32-13)26-7-21-10-14(19)23-18(24-15(10)26)25-22-5-8-3-4-9(6-27)31-8/h3-5,7,11-13,17,27-29H,2,6H2,1H3,(H,20,30)(H3,19,23,24,25)/b22-5+/t11-,12+,13-,17+/m0/s1. The van der Waals surface area contributed by atoms with E-state index in [2.05, 4.69) is 30.8 Å². The molecule has 4 rings (SSSR count). The quantitative estimate of drug-likeness (QED) is 0.186. The van der Waals surface area contributed by atoms with Crippen molar-refractivity contribution in [3.8, 4) is 0 Å². The zero-order chi connectivity index (χ0) is 22.8. The lowest BCUT2D eigenvalue weighted by Gasteiger charge is -2.16. The number of nitrogens with zero attached hydrogens (tertiary/aromatic N) is 5. The van der Waals surface area contributed by atoms with Crippen LogP contribution in [0.1, 0.15) is 24.7 Å². The fourth-order valence-corrected chi connectivity index (χ4v) is 3.26. The first-order valence-electron chi connectivity index (χ1n) is 9.71. The molecule has 0 radical (unpaired) electrons. The third-order valence-corrected chi connectivity index (χ3v) is 4.76. The van der Waals surface area contributed by atoms with E-state index in [9.17, 15) is 15.0 Å². The summed E-state index contributed by atoms with van der Waals surface area (Å²) in [7, 11) is 0. The number of anilines is 2. The van der Waals surface area contributed by atoms with Crippen LogP contribution in [0.4, 0.5) is 11.8 Å². The van der Waals surface area contributed by atoms with Crippen LogP contribution in [0.2, 0.25) is 0 Å². The lowest BCUT2D eigenvalue weighted by molar-refractivity contribution is -0.137. The highest BCUT2D eigenvalue weighted by molar-refractivity contribution is 5.84. The van der Waals surface area contributed by atoms with Crippen molar-refractivity contribution in [2.45, 2.75) is 38.1 Å². The molecule has 0 aromatic carbocycles. The van der Waals surface area contributed by atoms with Crippen LogP contribution in [0, 0.1) is 0 Å². The van der Waals surface area contributed by atoms with Gasteiger partial charge >= 0.3 is 0 Å². The van der Waals surface area contributed by atoms with Crippen LogP contribution in [0.5, 0.6) is 0 Å². The van der Waals surface area contributed by atoms with E-state index in [1.54, 1.807) is 19.1 Å². The first kappa shape index (κ1) is 21.6. The minimum Gasteiger partial charge on any atom is -0.458 e. The molecule has 1 amide bonds. The summed E-state index contributed by atoms with van der Waals surface area (Å²) in [5, 5.41) is 36.3. The summed E-state index contributed by atoms with van der Waals surface area (Å²) in [6, 6.07) is 3.23. The molecule has 1 saturated heterocycles. The Kier molecular flexibility index (Phi) is 6.00. The average molecular weight is 446 g/mol. The van der Waals surface area contributed by atoms with Gasteiger partial charge in [-0.05, 0) is 19.1 Å². The van der Waals surface area contributed by atoms with E-state index in [0.29, 0.717) is 18.1 Å². The van der Waals surface area contributed by atoms with Crippen molar-refractivity contribution in [2.75, 3.05) is 17.7 Å². The molecular weight excluding hydrogens is 424 g/mol. The van der Waals surface area contributed by atoms with Crippen molar-refractivity contribution >= 4 is 35.1 Å². The monoisotopic (exact) mass is 446 g/mol. The number of amides is 1. The number of carbonyl (C=O) groups excluding carboxylic acids is 1. The zero-order valence-electron chi connectivity index (χ0n) is 16.9. The summed E-state index contributed by atoms with van der Waals surface area (Å²) < 4.78 is 12.3. The Labute approximate surface area is 180 Å². The van der Waals surface area contributed by atoms with Crippen LogP contribution >= 0.6 is 0 Å². The maximum Gasteiger partial charge on any atom is 0.252 e. The highest BCUT2D eigenvalue weighted by atomic mass is 16.6. The molecule has 170 valence electrons. The fourth-order valence-electron chi connectivity index (χ4n) is 3.26. The molecule has 1 aliphatic rings. The first-order valence-corrected chi connectivity index (χ1v) is 9.71. The molecule has 1 aliphatic heterocycles. The highest BCUT2D eigenvalue weighted by Gasteiger charge is 2.47. The minimum atomic E-state index is -1.44. The molecule has 32 heavy (non-hydrogen) atoms. The van der Waals surface area contributed by atoms with Crippen LogP contribution in [0.15, 0.2) is 28.0 Å². The predicted octanol–water partition coefficient (Wildman–Crippen LogP) is -1.30. The van der Waals surface area contributed by atoms with Crippen molar-refractivity contribution in [1.29, 1.82) is 0 Å². The summed E-state index contributed by atoms with van der Waals surface area (Å²) in [5.41, 5.74) is 9.02. The van der Waals surface area contributed by atoms with Crippen molar-refractivity contribution in [2.24, 2.45) is 5.10 Å². The Hall–Kier alpha value is -3.59. The van der Waals surface area contributed by atoms with Gasteiger partial charge in [-0.25, -0.2) is 10.4 Å². The van der Waals surface area contributed by atoms with Gasteiger partial charge in [-0.2, -0.15) is 15.1 Å².